The van der Waals surface area contributed by atoms with Crippen LogP contribution in [0.5, 0.6) is 0 Å². The van der Waals surface area contributed by atoms with E-state index in [4.69, 9.17) is 10.3 Å². The van der Waals surface area contributed by atoms with Crippen LogP contribution in [0.15, 0.2) is 33.3 Å². The molecule has 1 fully saturated rings. The highest BCUT2D eigenvalue weighted by molar-refractivity contribution is 9.10. The SMILES string of the molecule is NC(c1nc(-c2ccccc2Br)no1)C1CC1. The summed E-state index contributed by atoms with van der Waals surface area (Å²) in [7, 11) is 0. The molecule has 1 aliphatic rings. The maximum atomic E-state index is 6.02. The quantitative estimate of drug-likeness (QED) is 0.945. The minimum absolute atomic E-state index is 0.112. The van der Waals surface area contributed by atoms with Crippen molar-refractivity contribution in [1.82, 2.24) is 10.1 Å². The van der Waals surface area contributed by atoms with Gasteiger partial charge in [-0.15, -0.1) is 0 Å². The molecule has 3 rings (SSSR count). The van der Waals surface area contributed by atoms with E-state index in [9.17, 15) is 0 Å². The third-order valence-electron chi connectivity index (χ3n) is 2.97. The molecule has 1 aliphatic carbocycles. The first-order valence-corrected chi connectivity index (χ1v) is 6.39. The molecule has 4 nitrogen and oxygen atoms in total. The normalized spacial score (nSPS) is 17.1. The van der Waals surface area contributed by atoms with E-state index in [2.05, 4.69) is 26.1 Å². The number of nitrogens with zero attached hydrogens (tertiary/aromatic N) is 2. The van der Waals surface area contributed by atoms with Crippen LogP contribution in [0.3, 0.4) is 0 Å². The second kappa shape index (κ2) is 4.23. The lowest BCUT2D eigenvalue weighted by Gasteiger charge is -2.01. The molecule has 2 N–H and O–H groups in total. The first kappa shape index (κ1) is 10.9. The molecule has 88 valence electrons. The summed E-state index contributed by atoms with van der Waals surface area (Å²) in [6, 6.07) is 7.67. The molecule has 0 radical (unpaired) electrons. The Balaban J connectivity index is 1.92. The van der Waals surface area contributed by atoms with Crippen molar-refractivity contribution in [1.29, 1.82) is 0 Å². The average Bonchev–Trinajstić information content (AvgIpc) is 3.07. The number of rotatable bonds is 3. The average molecular weight is 294 g/mol. The highest BCUT2D eigenvalue weighted by Gasteiger charge is 2.33. The second-order valence-corrected chi connectivity index (χ2v) is 5.15. The summed E-state index contributed by atoms with van der Waals surface area (Å²) in [5.41, 5.74) is 6.94. The number of benzene rings is 1. The zero-order valence-corrected chi connectivity index (χ0v) is 10.7. The van der Waals surface area contributed by atoms with E-state index < -0.39 is 0 Å². The molecule has 0 aliphatic heterocycles. The van der Waals surface area contributed by atoms with Crippen molar-refractivity contribution in [3.63, 3.8) is 0 Å². The topological polar surface area (TPSA) is 64.9 Å². The molecule has 1 saturated carbocycles. The highest BCUT2D eigenvalue weighted by Crippen LogP contribution is 2.39. The van der Waals surface area contributed by atoms with Gasteiger partial charge in [-0.3, -0.25) is 0 Å². The van der Waals surface area contributed by atoms with Crippen LogP contribution in [0.1, 0.15) is 24.8 Å². The number of halogens is 1. The van der Waals surface area contributed by atoms with Gasteiger partial charge in [0.05, 0.1) is 6.04 Å². The molecule has 1 aromatic carbocycles. The molecular formula is C12H12BrN3O. The maximum absolute atomic E-state index is 6.02. The molecule has 1 aromatic heterocycles. The van der Waals surface area contributed by atoms with Crippen molar-refractivity contribution in [2.24, 2.45) is 11.7 Å². The van der Waals surface area contributed by atoms with E-state index in [1.807, 2.05) is 24.3 Å². The van der Waals surface area contributed by atoms with E-state index in [-0.39, 0.29) is 6.04 Å². The predicted octanol–water partition coefficient (Wildman–Crippen LogP) is 2.91. The lowest BCUT2D eigenvalue weighted by Crippen LogP contribution is -2.12. The molecule has 0 spiro atoms. The van der Waals surface area contributed by atoms with Crippen molar-refractivity contribution < 1.29 is 4.52 Å². The monoisotopic (exact) mass is 293 g/mol. The van der Waals surface area contributed by atoms with Gasteiger partial charge in [0.25, 0.3) is 0 Å². The summed E-state index contributed by atoms with van der Waals surface area (Å²) < 4.78 is 6.18. The largest absolute Gasteiger partial charge is 0.337 e. The Kier molecular flexibility index (Phi) is 2.72. The Labute approximate surface area is 107 Å². The van der Waals surface area contributed by atoms with Gasteiger partial charge >= 0.3 is 0 Å². The zero-order valence-electron chi connectivity index (χ0n) is 9.14. The van der Waals surface area contributed by atoms with Crippen molar-refractivity contribution in [2.45, 2.75) is 18.9 Å². The molecular weight excluding hydrogens is 282 g/mol. The van der Waals surface area contributed by atoms with Crippen molar-refractivity contribution >= 4 is 15.9 Å². The van der Waals surface area contributed by atoms with Crippen LogP contribution in [0.25, 0.3) is 11.4 Å². The van der Waals surface area contributed by atoms with E-state index >= 15 is 0 Å². The van der Waals surface area contributed by atoms with Gasteiger partial charge in [-0.1, -0.05) is 33.2 Å². The van der Waals surface area contributed by atoms with Gasteiger partial charge < -0.3 is 10.3 Å². The molecule has 0 amide bonds. The minimum atomic E-state index is -0.112. The Morgan fingerprint density at radius 2 is 2.12 bits per heavy atom. The first-order valence-electron chi connectivity index (χ1n) is 5.60. The fourth-order valence-corrected chi connectivity index (χ4v) is 2.24. The molecule has 1 unspecified atom stereocenters. The Bertz CT molecular complexity index is 536. The van der Waals surface area contributed by atoms with Gasteiger partial charge in [0, 0.05) is 10.0 Å². The van der Waals surface area contributed by atoms with Gasteiger partial charge in [0.1, 0.15) is 0 Å². The number of nitrogens with two attached hydrogens (primary N) is 1. The second-order valence-electron chi connectivity index (χ2n) is 4.30. The minimum Gasteiger partial charge on any atom is -0.337 e. The molecule has 2 aromatic rings. The zero-order chi connectivity index (χ0) is 11.8. The summed E-state index contributed by atoms with van der Waals surface area (Å²) in [6.07, 6.45) is 2.32. The molecule has 5 heteroatoms. The summed E-state index contributed by atoms with van der Waals surface area (Å²) in [5, 5.41) is 3.98. The van der Waals surface area contributed by atoms with Gasteiger partial charge in [-0.2, -0.15) is 4.98 Å². The van der Waals surface area contributed by atoms with Crippen molar-refractivity contribution in [3.8, 4) is 11.4 Å². The van der Waals surface area contributed by atoms with E-state index in [1.54, 1.807) is 0 Å². The van der Waals surface area contributed by atoms with Crippen LogP contribution < -0.4 is 5.73 Å². The highest BCUT2D eigenvalue weighted by atomic mass is 79.9. The summed E-state index contributed by atoms with van der Waals surface area (Å²) in [4.78, 5) is 4.37. The van der Waals surface area contributed by atoms with E-state index in [0.717, 1.165) is 22.9 Å². The maximum Gasteiger partial charge on any atom is 0.244 e. The van der Waals surface area contributed by atoms with Crippen LogP contribution in [0.4, 0.5) is 0 Å². The molecule has 1 atom stereocenters. The van der Waals surface area contributed by atoms with Crippen molar-refractivity contribution in [2.75, 3.05) is 0 Å². The van der Waals surface area contributed by atoms with Crippen LogP contribution in [0, 0.1) is 5.92 Å². The number of hydrogen-bond donors (Lipinski definition) is 1. The molecule has 17 heavy (non-hydrogen) atoms. The van der Waals surface area contributed by atoms with Gasteiger partial charge in [0.15, 0.2) is 0 Å². The van der Waals surface area contributed by atoms with Crippen LogP contribution >= 0.6 is 15.9 Å². The van der Waals surface area contributed by atoms with Gasteiger partial charge in [-0.05, 0) is 30.9 Å². The van der Waals surface area contributed by atoms with Gasteiger partial charge in [0.2, 0.25) is 11.7 Å². The van der Waals surface area contributed by atoms with Gasteiger partial charge in [-0.25, -0.2) is 0 Å². The van der Waals surface area contributed by atoms with E-state index in [0.29, 0.717) is 17.6 Å². The Hall–Kier alpha value is -1.20. The third kappa shape index (κ3) is 2.12. The Morgan fingerprint density at radius 3 is 2.82 bits per heavy atom. The van der Waals surface area contributed by atoms with Crippen LogP contribution in [-0.2, 0) is 0 Å². The van der Waals surface area contributed by atoms with Crippen LogP contribution in [-0.4, -0.2) is 10.1 Å². The summed E-state index contributed by atoms with van der Waals surface area (Å²) in [6.45, 7) is 0. The Morgan fingerprint density at radius 1 is 1.35 bits per heavy atom. The smallest absolute Gasteiger partial charge is 0.244 e. The lowest BCUT2D eigenvalue weighted by atomic mass is 10.2. The molecule has 1 heterocycles. The summed E-state index contributed by atoms with van der Waals surface area (Å²) >= 11 is 3.47. The fourth-order valence-electron chi connectivity index (χ4n) is 1.78. The lowest BCUT2D eigenvalue weighted by molar-refractivity contribution is 0.343. The fraction of sp³-hybridized carbons (Fsp3) is 0.333. The number of aromatic nitrogens is 2. The van der Waals surface area contributed by atoms with Crippen LogP contribution in [0.2, 0.25) is 0 Å². The van der Waals surface area contributed by atoms with E-state index in [1.165, 1.54) is 0 Å². The van der Waals surface area contributed by atoms with Crippen molar-refractivity contribution in [3.05, 3.63) is 34.6 Å². The first-order chi connectivity index (χ1) is 8.25. The standard InChI is InChI=1S/C12H12BrN3O/c13-9-4-2-1-3-8(9)11-15-12(17-16-11)10(14)7-5-6-7/h1-4,7,10H,5-6,14H2. The molecule has 0 saturated heterocycles. The number of hydrogen-bond acceptors (Lipinski definition) is 4. The summed E-state index contributed by atoms with van der Waals surface area (Å²) in [5.74, 6) is 1.64. The molecule has 0 bridgehead atoms. The predicted molar refractivity (Wildman–Crippen MR) is 67.1 cm³/mol. The third-order valence-corrected chi connectivity index (χ3v) is 3.66.